The van der Waals surface area contributed by atoms with Gasteiger partial charge < -0.3 is 14.6 Å². The van der Waals surface area contributed by atoms with Crippen molar-refractivity contribution in [1.29, 1.82) is 0 Å². The van der Waals surface area contributed by atoms with E-state index in [-0.39, 0.29) is 18.1 Å². The standard InChI is InChI=1S/C28H24Cl2N2O5S/c1-3-32-26(33)25(38-28(32)31-21-10-7-18(8-11-21)27(34)35)14-17-5-12-23(24(13-17)36-4-2)37-16-19-6-9-20(29)15-22(19)30/h5-15H,3-4,16H2,1-2H3,(H,34,35). The highest BCUT2D eigenvalue weighted by Crippen LogP contribution is 2.36. The van der Waals surface area contributed by atoms with E-state index < -0.39 is 5.97 Å². The minimum absolute atomic E-state index is 0.158. The van der Waals surface area contributed by atoms with Gasteiger partial charge in [-0.2, -0.15) is 0 Å². The highest BCUT2D eigenvalue weighted by Gasteiger charge is 2.32. The lowest BCUT2D eigenvalue weighted by Crippen LogP contribution is -2.28. The molecule has 1 fully saturated rings. The van der Waals surface area contributed by atoms with Gasteiger partial charge in [-0.3, -0.25) is 9.69 Å². The molecule has 38 heavy (non-hydrogen) atoms. The number of carbonyl (C=O) groups excluding carboxylic acids is 1. The molecule has 7 nitrogen and oxygen atoms in total. The van der Waals surface area contributed by atoms with E-state index in [0.717, 1.165) is 11.1 Å². The minimum Gasteiger partial charge on any atom is -0.490 e. The maximum absolute atomic E-state index is 13.1. The van der Waals surface area contributed by atoms with Crippen molar-refractivity contribution in [2.24, 2.45) is 4.99 Å². The van der Waals surface area contributed by atoms with Crippen molar-refractivity contribution in [3.63, 3.8) is 0 Å². The van der Waals surface area contributed by atoms with Crippen LogP contribution in [0.2, 0.25) is 10.0 Å². The summed E-state index contributed by atoms with van der Waals surface area (Å²) in [6, 6.07) is 16.9. The molecule has 3 aromatic rings. The number of rotatable bonds is 9. The topological polar surface area (TPSA) is 88.4 Å². The first-order chi connectivity index (χ1) is 18.3. The Morgan fingerprint density at radius 1 is 1.03 bits per heavy atom. The second-order valence-electron chi connectivity index (χ2n) is 8.07. The summed E-state index contributed by atoms with van der Waals surface area (Å²) in [6.07, 6.45) is 1.79. The maximum atomic E-state index is 13.1. The molecular weight excluding hydrogens is 547 g/mol. The summed E-state index contributed by atoms with van der Waals surface area (Å²) < 4.78 is 11.8. The Balaban J connectivity index is 1.55. The summed E-state index contributed by atoms with van der Waals surface area (Å²) >= 11 is 13.5. The van der Waals surface area contributed by atoms with Crippen molar-refractivity contribution < 1.29 is 24.2 Å². The molecule has 0 radical (unpaired) electrons. The lowest BCUT2D eigenvalue weighted by molar-refractivity contribution is -0.122. The summed E-state index contributed by atoms with van der Waals surface area (Å²) in [4.78, 5) is 30.8. The Morgan fingerprint density at radius 2 is 1.79 bits per heavy atom. The molecule has 1 heterocycles. The van der Waals surface area contributed by atoms with Gasteiger partial charge in [0.05, 0.1) is 22.8 Å². The van der Waals surface area contributed by atoms with E-state index in [9.17, 15) is 9.59 Å². The fourth-order valence-electron chi connectivity index (χ4n) is 3.61. The number of hydrogen-bond acceptors (Lipinski definition) is 6. The van der Waals surface area contributed by atoms with Gasteiger partial charge in [-0.1, -0.05) is 35.3 Å². The molecule has 1 saturated heterocycles. The first-order valence-corrected chi connectivity index (χ1v) is 13.3. The molecule has 1 aliphatic rings. The lowest BCUT2D eigenvalue weighted by Gasteiger charge is -2.13. The molecule has 3 aromatic carbocycles. The predicted molar refractivity (Wildman–Crippen MR) is 152 cm³/mol. The van der Waals surface area contributed by atoms with Crippen LogP contribution in [0.4, 0.5) is 5.69 Å². The smallest absolute Gasteiger partial charge is 0.335 e. The molecule has 10 heteroatoms. The van der Waals surface area contributed by atoms with E-state index in [4.69, 9.17) is 37.8 Å². The number of aromatic carboxylic acids is 1. The number of aliphatic imine (C=N–C) groups is 1. The Bertz CT molecular complexity index is 1420. The maximum Gasteiger partial charge on any atom is 0.335 e. The number of hydrogen-bond donors (Lipinski definition) is 1. The normalized spacial score (nSPS) is 15.4. The summed E-state index contributed by atoms with van der Waals surface area (Å²) in [5.41, 5.74) is 2.29. The number of amidine groups is 1. The van der Waals surface area contributed by atoms with Gasteiger partial charge in [0.25, 0.3) is 5.91 Å². The molecule has 1 N–H and O–H groups in total. The van der Waals surface area contributed by atoms with Crippen LogP contribution in [0.25, 0.3) is 6.08 Å². The van der Waals surface area contributed by atoms with E-state index in [2.05, 4.69) is 4.99 Å². The van der Waals surface area contributed by atoms with Crippen LogP contribution >= 0.6 is 35.0 Å². The van der Waals surface area contributed by atoms with Crippen LogP contribution in [0.1, 0.15) is 35.3 Å². The van der Waals surface area contributed by atoms with Gasteiger partial charge in [0, 0.05) is 22.2 Å². The molecule has 0 bridgehead atoms. The number of carboxylic acid groups (broad SMARTS) is 1. The average molecular weight is 571 g/mol. The summed E-state index contributed by atoms with van der Waals surface area (Å²) in [7, 11) is 0. The highest BCUT2D eigenvalue weighted by molar-refractivity contribution is 8.18. The van der Waals surface area contributed by atoms with E-state index in [1.807, 2.05) is 32.0 Å². The van der Waals surface area contributed by atoms with E-state index in [1.54, 1.807) is 41.3 Å². The van der Waals surface area contributed by atoms with Crippen molar-refractivity contribution in [3.05, 3.63) is 92.3 Å². The van der Waals surface area contributed by atoms with E-state index in [1.165, 1.54) is 23.9 Å². The monoisotopic (exact) mass is 570 g/mol. The van der Waals surface area contributed by atoms with Gasteiger partial charge >= 0.3 is 5.97 Å². The molecule has 0 atom stereocenters. The first kappa shape index (κ1) is 27.6. The number of amides is 1. The Labute approximate surface area is 234 Å². The van der Waals surface area contributed by atoms with Crippen molar-refractivity contribution in [2.75, 3.05) is 13.2 Å². The van der Waals surface area contributed by atoms with Gasteiger partial charge in [0.2, 0.25) is 0 Å². The molecule has 0 aliphatic carbocycles. The van der Waals surface area contributed by atoms with Gasteiger partial charge in [-0.05, 0) is 85.8 Å². The number of likely N-dealkylation sites (N-methyl/N-ethyl adjacent to an activating group) is 1. The number of ether oxygens (including phenoxy) is 2. The largest absolute Gasteiger partial charge is 0.490 e. The second-order valence-corrected chi connectivity index (χ2v) is 9.92. The average Bonchev–Trinajstić information content (AvgIpc) is 3.18. The van der Waals surface area contributed by atoms with Crippen LogP contribution in [0.5, 0.6) is 11.5 Å². The summed E-state index contributed by atoms with van der Waals surface area (Å²) in [6.45, 7) is 4.87. The molecule has 0 saturated carbocycles. The quantitative estimate of drug-likeness (QED) is 0.271. The molecule has 0 unspecified atom stereocenters. The van der Waals surface area contributed by atoms with Crippen LogP contribution in [-0.2, 0) is 11.4 Å². The Kier molecular flexibility index (Phi) is 8.99. The third-order valence-electron chi connectivity index (χ3n) is 5.51. The fourth-order valence-corrected chi connectivity index (χ4v) is 5.13. The molecule has 1 amide bonds. The molecular formula is C28H24Cl2N2O5S. The lowest BCUT2D eigenvalue weighted by atomic mass is 10.1. The predicted octanol–water partition coefficient (Wildman–Crippen LogP) is 7.29. The van der Waals surface area contributed by atoms with Crippen LogP contribution in [0, 0.1) is 0 Å². The van der Waals surface area contributed by atoms with Gasteiger partial charge in [0.1, 0.15) is 6.61 Å². The minimum atomic E-state index is -1.01. The zero-order valence-corrected chi connectivity index (χ0v) is 22.9. The first-order valence-electron chi connectivity index (χ1n) is 11.8. The van der Waals surface area contributed by atoms with Crippen LogP contribution in [0.15, 0.2) is 70.6 Å². The number of nitrogens with zero attached hydrogens (tertiary/aromatic N) is 2. The number of halogens is 2. The van der Waals surface area contributed by atoms with Crippen LogP contribution in [0.3, 0.4) is 0 Å². The van der Waals surface area contributed by atoms with Gasteiger partial charge in [-0.25, -0.2) is 9.79 Å². The zero-order chi connectivity index (χ0) is 27.2. The second kappa shape index (κ2) is 12.4. The Morgan fingerprint density at radius 3 is 2.45 bits per heavy atom. The summed E-state index contributed by atoms with van der Waals surface area (Å²) in [5.74, 6) is -0.0736. The number of benzene rings is 3. The molecule has 0 aromatic heterocycles. The third kappa shape index (κ3) is 6.51. The molecule has 4 rings (SSSR count). The number of carbonyl (C=O) groups is 2. The number of carboxylic acids is 1. The SMILES string of the molecule is CCOc1cc(C=C2SC(=Nc3ccc(C(=O)O)cc3)N(CC)C2=O)ccc1OCc1ccc(Cl)cc1Cl. The molecule has 0 spiro atoms. The van der Waals surface area contributed by atoms with Crippen molar-refractivity contribution in [1.82, 2.24) is 4.90 Å². The van der Waals surface area contributed by atoms with E-state index >= 15 is 0 Å². The summed E-state index contributed by atoms with van der Waals surface area (Å²) in [5, 5.41) is 10.7. The van der Waals surface area contributed by atoms with Crippen molar-refractivity contribution in [2.45, 2.75) is 20.5 Å². The van der Waals surface area contributed by atoms with Crippen LogP contribution in [-0.4, -0.2) is 40.2 Å². The molecule has 196 valence electrons. The van der Waals surface area contributed by atoms with E-state index in [0.29, 0.717) is 50.5 Å². The number of thioether (sulfide) groups is 1. The highest BCUT2D eigenvalue weighted by atomic mass is 35.5. The molecule has 1 aliphatic heterocycles. The Hall–Kier alpha value is -3.46. The van der Waals surface area contributed by atoms with Gasteiger partial charge in [0.15, 0.2) is 16.7 Å². The van der Waals surface area contributed by atoms with Crippen molar-refractivity contribution >= 4 is 63.8 Å². The van der Waals surface area contributed by atoms with Gasteiger partial charge in [-0.15, -0.1) is 0 Å². The zero-order valence-electron chi connectivity index (χ0n) is 20.6. The third-order valence-corrected chi connectivity index (χ3v) is 7.10. The fraction of sp³-hybridized carbons (Fsp3) is 0.179. The van der Waals surface area contributed by atoms with Crippen molar-refractivity contribution in [3.8, 4) is 11.5 Å². The van der Waals surface area contributed by atoms with Crippen LogP contribution < -0.4 is 9.47 Å².